The molecule has 1 aromatic carbocycles. The number of thiocarbonyl (C=S) groups is 1. The van der Waals surface area contributed by atoms with E-state index in [9.17, 15) is 0 Å². The fraction of sp³-hybridized carbons (Fsp3) is 0.333. The van der Waals surface area contributed by atoms with Gasteiger partial charge in [-0.1, -0.05) is 29.8 Å². The predicted octanol–water partition coefficient (Wildman–Crippen LogP) is 2.97. The van der Waals surface area contributed by atoms with Crippen LogP contribution in [0.15, 0.2) is 24.3 Å². The maximum absolute atomic E-state index is 6.26. The number of aromatic nitrogens is 2. The first-order valence-corrected chi connectivity index (χ1v) is 7.83. The fourth-order valence-electron chi connectivity index (χ4n) is 2.70. The summed E-state index contributed by atoms with van der Waals surface area (Å²) >= 11 is 11.4. The molecule has 1 aliphatic heterocycles. The van der Waals surface area contributed by atoms with Crippen LogP contribution in [0, 0.1) is 0 Å². The van der Waals surface area contributed by atoms with Crippen molar-refractivity contribution in [1.82, 2.24) is 9.78 Å². The molecule has 0 aliphatic carbocycles. The van der Waals surface area contributed by atoms with Crippen molar-refractivity contribution in [2.75, 3.05) is 11.9 Å². The van der Waals surface area contributed by atoms with Gasteiger partial charge in [0.1, 0.15) is 5.82 Å². The van der Waals surface area contributed by atoms with Crippen molar-refractivity contribution in [3.63, 3.8) is 0 Å². The molecule has 0 radical (unpaired) electrons. The number of halogens is 1. The quantitative estimate of drug-likeness (QED) is 0.835. The first-order chi connectivity index (χ1) is 10.2. The highest BCUT2D eigenvalue weighted by molar-refractivity contribution is 7.80. The van der Waals surface area contributed by atoms with Gasteiger partial charge in [-0.3, -0.25) is 0 Å². The van der Waals surface area contributed by atoms with Crippen LogP contribution in [0.2, 0.25) is 5.02 Å². The molecule has 6 heteroatoms. The summed E-state index contributed by atoms with van der Waals surface area (Å²) in [6.07, 6.45) is 3.96. The highest BCUT2D eigenvalue weighted by Crippen LogP contribution is 2.28. The van der Waals surface area contributed by atoms with Gasteiger partial charge in [-0.15, -0.1) is 0 Å². The number of nitrogens with one attached hydrogen (secondary N) is 1. The van der Waals surface area contributed by atoms with Crippen molar-refractivity contribution < 1.29 is 0 Å². The third kappa shape index (κ3) is 2.89. The second kappa shape index (κ2) is 6.03. The van der Waals surface area contributed by atoms with Gasteiger partial charge in [0.2, 0.25) is 0 Å². The van der Waals surface area contributed by atoms with Gasteiger partial charge in [-0.05, 0) is 43.1 Å². The Morgan fingerprint density at radius 1 is 1.38 bits per heavy atom. The maximum atomic E-state index is 6.26. The molecule has 0 unspecified atom stereocenters. The van der Waals surface area contributed by atoms with E-state index >= 15 is 0 Å². The lowest BCUT2D eigenvalue weighted by Crippen LogP contribution is -2.23. The summed E-state index contributed by atoms with van der Waals surface area (Å²) in [6.45, 7) is 0.923. The Labute approximate surface area is 134 Å². The number of hydrogen-bond acceptors (Lipinski definition) is 3. The predicted molar refractivity (Wildman–Crippen MR) is 90.1 cm³/mol. The van der Waals surface area contributed by atoms with Crippen LogP contribution in [0.5, 0.6) is 0 Å². The summed E-state index contributed by atoms with van der Waals surface area (Å²) < 4.78 is 1.64. The topological polar surface area (TPSA) is 55.9 Å². The van der Waals surface area contributed by atoms with Gasteiger partial charge in [0.25, 0.3) is 0 Å². The van der Waals surface area contributed by atoms with Gasteiger partial charge < -0.3 is 11.1 Å². The van der Waals surface area contributed by atoms with E-state index in [0.29, 0.717) is 6.42 Å². The maximum Gasteiger partial charge on any atom is 0.193 e. The molecule has 0 bridgehead atoms. The van der Waals surface area contributed by atoms with Crippen molar-refractivity contribution >= 4 is 34.7 Å². The van der Waals surface area contributed by atoms with E-state index in [1.54, 1.807) is 4.68 Å². The summed E-state index contributed by atoms with van der Waals surface area (Å²) in [7, 11) is 0. The second-order valence-electron chi connectivity index (χ2n) is 5.18. The SMILES string of the molecule is NC(=S)n1nc(Cc2ccccc2Cl)c2c1NCCCC2. The third-order valence-electron chi connectivity index (χ3n) is 3.74. The average Bonchev–Trinajstić information content (AvgIpc) is 2.65. The Hall–Kier alpha value is -1.59. The van der Waals surface area contributed by atoms with Crippen molar-refractivity contribution in [3.8, 4) is 0 Å². The lowest BCUT2D eigenvalue weighted by atomic mass is 10.0. The summed E-state index contributed by atoms with van der Waals surface area (Å²) in [4.78, 5) is 0. The Bertz CT molecular complexity index is 680. The molecular weight excluding hydrogens is 304 g/mol. The first kappa shape index (κ1) is 14.4. The van der Waals surface area contributed by atoms with Crippen LogP contribution in [0.25, 0.3) is 0 Å². The zero-order chi connectivity index (χ0) is 14.8. The fourth-order valence-corrected chi connectivity index (χ4v) is 3.03. The van der Waals surface area contributed by atoms with E-state index < -0.39 is 0 Å². The van der Waals surface area contributed by atoms with Crippen LogP contribution >= 0.6 is 23.8 Å². The lowest BCUT2D eigenvalue weighted by molar-refractivity contribution is 0.771. The summed E-state index contributed by atoms with van der Waals surface area (Å²) in [6, 6.07) is 7.85. The van der Waals surface area contributed by atoms with Crippen LogP contribution in [-0.2, 0) is 12.8 Å². The number of anilines is 1. The summed E-state index contributed by atoms with van der Waals surface area (Å²) in [5, 5.41) is 9.03. The van der Waals surface area contributed by atoms with E-state index in [0.717, 1.165) is 47.9 Å². The van der Waals surface area contributed by atoms with Gasteiger partial charge >= 0.3 is 0 Å². The van der Waals surface area contributed by atoms with Crippen LogP contribution < -0.4 is 11.1 Å². The average molecular weight is 321 g/mol. The van der Waals surface area contributed by atoms with E-state index in [2.05, 4.69) is 10.4 Å². The Balaban J connectivity index is 2.02. The molecule has 21 heavy (non-hydrogen) atoms. The minimum Gasteiger partial charge on any atom is -0.374 e. The van der Waals surface area contributed by atoms with Crippen molar-refractivity contribution in [2.24, 2.45) is 5.73 Å². The molecule has 0 atom stereocenters. The second-order valence-corrected chi connectivity index (χ2v) is 6.00. The van der Waals surface area contributed by atoms with Crippen molar-refractivity contribution in [2.45, 2.75) is 25.7 Å². The highest BCUT2D eigenvalue weighted by Gasteiger charge is 2.21. The Kier molecular flexibility index (Phi) is 4.12. The normalized spacial score (nSPS) is 14.1. The van der Waals surface area contributed by atoms with Gasteiger partial charge in [0.15, 0.2) is 5.11 Å². The summed E-state index contributed by atoms with van der Waals surface area (Å²) in [5.74, 6) is 0.946. The van der Waals surface area contributed by atoms with E-state index in [-0.39, 0.29) is 5.11 Å². The third-order valence-corrected chi connectivity index (χ3v) is 4.28. The van der Waals surface area contributed by atoms with Crippen LogP contribution in [0.1, 0.15) is 29.7 Å². The van der Waals surface area contributed by atoms with Gasteiger partial charge in [-0.2, -0.15) is 9.78 Å². The van der Waals surface area contributed by atoms with Crippen LogP contribution in [-0.4, -0.2) is 21.4 Å². The molecule has 4 nitrogen and oxygen atoms in total. The van der Waals surface area contributed by atoms with Gasteiger partial charge in [0, 0.05) is 23.6 Å². The lowest BCUT2D eigenvalue weighted by Gasteiger charge is -2.06. The molecule has 1 aliphatic rings. The number of benzene rings is 1. The highest BCUT2D eigenvalue weighted by atomic mass is 35.5. The molecule has 1 aromatic heterocycles. The van der Waals surface area contributed by atoms with Crippen molar-refractivity contribution in [3.05, 3.63) is 46.1 Å². The number of hydrogen-bond donors (Lipinski definition) is 2. The van der Waals surface area contributed by atoms with E-state index in [1.807, 2.05) is 24.3 Å². The molecule has 110 valence electrons. The van der Waals surface area contributed by atoms with Crippen molar-refractivity contribution in [1.29, 1.82) is 0 Å². The van der Waals surface area contributed by atoms with Crippen LogP contribution in [0.3, 0.4) is 0 Å². The molecular formula is C15H17ClN4S. The molecule has 2 aromatic rings. The monoisotopic (exact) mass is 320 g/mol. The Morgan fingerprint density at radius 3 is 2.95 bits per heavy atom. The van der Waals surface area contributed by atoms with Gasteiger partial charge in [0.05, 0.1) is 5.69 Å². The smallest absolute Gasteiger partial charge is 0.193 e. The number of nitrogens with zero attached hydrogens (tertiary/aromatic N) is 2. The number of fused-ring (bicyclic) bond motifs is 1. The summed E-state index contributed by atoms with van der Waals surface area (Å²) in [5.41, 5.74) is 9.07. The number of nitrogens with two attached hydrogens (primary N) is 1. The molecule has 0 amide bonds. The number of rotatable bonds is 2. The minimum absolute atomic E-state index is 0.269. The minimum atomic E-state index is 0.269. The molecule has 0 saturated carbocycles. The first-order valence-electron chi connectivity index (χ1n) is 7.04. The molecule has 3 rings (SSSR count). The standard InChI is InChI=1S/C15H17ClN4S/c16-12-7-2-1-5-10(12)9-13-11-6-3-4-8-18-14(11)20(19-13)15(17)21/h1-2,5,7,18H,3-4,6,8-9H2,(H2,17,21). The zero-order valence-corrected chi connectivity index (χ0v) is 13.2. The Morgan fingerprint density at radius 2 is 2.19 bits per heavy atom. The zero-order valence-electron chi connectivity index (χ0n) is 11.6. The molecule has 0 spiro atoms. The molecule has 2 heterocycles. The molecule has 0 saturated heterocycles. The van der Waals surface area contributed by atoms with Crippen LogP contribution in [0.4, 0.5) is 5.82 Å². The van der Waals surface area contributed by atoms with E-state index in [1.165, 1.54) is 5.56 Å². The molecule has 3 N–H and O–H groups in total. The van der Waals surface area contributed by atoms with Gasteiger partial charge in [-0.25, -0.2) is 0 Å². The van der Waals surface area contributed by atoms with E-state index in [4.69, 9.17) is 29.6 Å². The largest absolute Gasteiger partial charge is 0.374 e. The molecule has 0 fully saturated rings.